The molecule has 35 heavy (non-hydrogen) atoms. The molecule has 8 nitrogen and oxygen atoms in total. The monoisotopic (exact) mass is 492 g/mol. The van der Waals surface area contributed by atoms with E-state index in [9.17, 15) is 4.79 Å². The Morgan fingerprint density at radius 3 is 2.74 bits per heavy atom. The first kappa shape index (κ1) is 24.8. The third-order valence-corrected chi connectivity index (χ3v) is 6.91. The summed E-state index contributed by atoms with van der Waals surface area (Å²) in [6, 6.07) is 10.4. The fraction of sp³-hybridized carbons (Fsp3) is 0.385. The van der Waals surface area contributed by atoms with Crippen molar-refractivity contribution < 1.29 is 9.53 Å². The molecule has 0 spiro atoms. The molecule has 3 aromatic rings. The van der Waals surface area contributed by atoms with Gasteiger partial charge >= 0.3 is 5.97 Å². The topological polar surface area (TPSA) is 106 Å². The molecule has 0 saturated carbocycles. The van der Waals surface area contributed by atoms with E-state index in [-0.39, 0.29) is 12.0 Å². The normalized spacial score (nSPS) is 14.9. The highest BCUT2D eigenvalue weighted by Gasteiger charge is 2.23. The van der Waals surface area contributed by atoms with Crippen LogP contribution in [0.1, 0.15) is 43.1 Å². The second kappa shape index (κ2) is 11.4. The summed E-state index contributed by atoms with van der Waals surface area (Å²) >= 11 is 1.97. The van der Waals surface area contributed by atoms with Gasteiger partial charge in [0.25, 0.3) is 0 Å². The van der Waals surface area contributed by atoms with Gasteiger partial charge in [-0.3, -0.25) is 0 Å². The number of ether oxygens (including phenoxy) is 1. The highest BCUT2D eigenvalue weighted by atomic mass is 32.2. The first-order chi connectivity index (χ1) is 17.0. The molecule has 3 N–H and O–H groups in total. The number of nitrogen functional groups attached to an aromatic ring is 1. The predicted octanol–water partition coefficient (Wildman–Crippen LogP) is 4.61. The largest absolute Gasteiger partial charge is 0.463 e. The number of hydrogen-bond acceptors (Lipinski definition) is 9. The third kappa shape index (κ3) is 5.85. The van der Waals surface area contributed by atoms with Gasteiger partial charge in [0.15, 0.2) is 0 Å². The Kier molecular flexibility index (Phi) is 8.07. The van der Waals surface area contributed by atoms with E-state index >= 15 is 0 Å². The minimum atomic E-state index is -0.411. The average Bonchev–Trinajstić information content (AvgIpc) is 2.86. The highest BCUT2D eigenvalue weighted by molar-refractivity contribution is 7.99. The molecule has 1 unspecified atom stereocenters. The molecule has 9 heteroatoms. The molecule has 0 amide bonds. The molecular formula is C26H32N6O2S. The second-order valence-corrected chi connectivity index (χ2v) is 9.54. The zero-order valence-electron chi connectivity index (χ0n) is 20.5. The van der Waals surface area contributed by atoms with E-state index in [2.05, 4.69) is 45.3 Å². The minimum absolute atomic E-state index is 0.0693. The summed E-state index contributed by atoms with van der Waals surface area (Å²) in [6.45, 7) is 8.01. The number of pyridine rings is 1. The van der Waals surface area contributed by atoms with E-state index in [0.29, 0.717) is 23.7 Å². The van der Waals surface area contributed by atoms with Crippen molar-refractivity contribution in [2.24, 2.45) is 0 Å². The van der Waals surface area contributed by atoms with Crippen LogP contribution in [0.25, 0.3) is 17.0 Å². The fourth-order valence-electron chi connectivity index (χ4n) is 4.23. The molecule has 3 heterocycles. The number of benzene rings is 1. The number of carbonyl (C=O) groups excluding carboxylic acids is 1. The van der Waals surface area contributed by atoms with Crippen LogP contribution in [0.3, 0.4) is 0 Å². The van der Waals surface area contributed by atoms with Crippen molar-refractivity contribution in [1.29, 1.82) is 0 Å². The summed E-state index contributed by atoms with van der Waals surface area (Å²) in [6.07, 6.45) is 3.88. The summed E-state index contributed by atoms with van der Waals surface area (Å²) in [5.41, 5.74) is 9.50. The zero-order chi connectivity index (χ0) is 24.8. The number of nitrogens with zero attached hydrogens (tertiary/aromatic N) is 4. The van der Waals surface area contributed by atoms with Crippen molar-refractivity contribution in [2.75, 3.05) is 47.2 Å². The number of nitrogens with two attached hydrogens (primary N) is 1. The number of para-hydroxylation sites is 1. The van der Waals surface area contributed by atoms with Crippen LogP contribution in [0.15, 0.2) is 36.4 Å². The van der Waals surface area contributed by atoms with E-state index in [4.69, 9.17) is 15.5 Å². The first-order valence-electron chi connectivity index (χ1n) is 12.0. The van der Waals surface area contributed by atoms with Crippen molar-refractivity contribution in [2.45, 2.75) is 33.2 Å². The van der Waals surface area contributed by atoms with E-state index in [0.717, 1.165) is 53.3 Å². The summed E-state index contributed by atoms with van der Waals surface area (Å²) in [5, 5.41) is 4.68. The van der Waals surface area contributed by atoms with Crippen LogP contribution >= 0.6 is 11.8 Å². The van der Waals surface area contributed by atoms with E-state index < -0.39 is 5.97 Å². The zero-order valence-corrected chi connectivity index (χ0v) is 21.3. The van der Waals surface area contributed by atoms with Gasteiger partial charge in [-0.05, 0) is 38.5 Å². The van der Waals surface area contributed by atoms with Gasteiger partial charge in [0, 0.05) is 47.2 Å². The molecule has 1 fully saturated rings. The Morgan fingerprint density at radius 1 is 1.23 bits per heavy atom. The summed E-state index contributed by atoms with van der Waals surface area (Å²) in [5.74, 6) is 3.52. The minimum Gasteiger partial charge on any atom is -0.463 e. The van der Waals surface area contributed by atoms with Crippen LogP contribution in [0.2, 0.25) is 0 Å². The first-order valence-corrected chi connectivity index (χ1v) is 13.1. The summed E-state index contributed by atoms with van der Waals surface area (Å²) in [4.78, 5) is 28.2. The number of hydrogen-bond donors (Lipinski definition) is 2. The van der Waals surface area contributed by atoms with Gasteiger partial charge in [-0.1, -0.05) is 25.1 Å². The molecule has 1 saturated heterocycles. The Morgan fingerprint density at radius 2 is 2.00 bits per heavy atom. The van der Waals surface area contributed by atoms with Gasteiger partial charge in [-0.25, -0.2) is 14.8 Å². The SMILES string of the molecule is CCOC(=O)/C=C/c1c(C)nc(N)nc1NC(CC)c1cc2ccccc2nc1N1CCSCC1. The maximum Gasteiger partial charge on any atom is 0.330 e. The van der Waals surface area contributed by atoms with Gasteiger partial charge in [0.1, 0.15) is 11.6 Å². The number of aromatic nitrogens is 3. The smallest absolute Gasteiger partial charge is 0.330 e. The second-order valence-electron chi connectivity index (χ2n) is 8.31. The Bertz CT molecular complexity index is 1230. The lowest BCUT2D eigenvalue weighted by atomic mass is 10.0. The third-order valence-electron chi connectivity index (χ3n) is 5.96. The van der Waals surface area contributed by atoms with Gasteiger partial charge in [0.05, 0.1) is 23.9 Å². The number of fused-ring (bicyclic) bond motifs is 1. The van der Waals surface area contributed by atoms with Crippen molar-refractivity contribution >= 4 is 52.3 Å². The van der Waals surface area contributed by atoms with E-state index in [1.165, 1.54) is 6.08 Å². The standard InChI is InChI=1S/C26H32N6O2S/c1-4-21(29-24-19(10-11-23(33)34-5-2)17(3)28-26(27)31-24)20-16-18-8-6-7-9-22(18)30-25(20)32-12-14-35-15-13-32/h6-11,16,21H,4-5,12-15H2,1-3H3,(H3,27,28,29,31)/b11-10+. The molecule has 1 aromatic carbocycles. The van der Waals surface area contributed by atoms with Crippen LogP contribution < -0.4 is 16.0 Å². The number of esters is 1. The lowest BCUT2D eigenvalue weighted by Crippen LogP contribution is -2.34. The van der Waals surface area contributed by atoms with Crippen LogP contribution in [-0.4, -0.2) is 52.1 Å². The summed E-state index contributed by atoms with van der Waals surface area (Å²) < 4.78 is 5.04. The Balaban J connectivity index is 1.76. The molecule has 1 atom stereocenters. The molecule has 2 aromatic heterocycles. The Labute approximate surface area is 210 Å². The molecule has 1 aliphatic rings. The van der Waals surface area contributed by atoms with Crippen LogP contribution in [0.4, 0.5) is 17.6 Å². The molecule has 0 aliphatic carbocycles. The number of aryl methyl sites for hydroxylation is 1. The Hall–Kier alpha value is -3.33. The maximum atomic E-state index is 11.9. The van der Waals surface area contributed by atoms with Gasteiger partial charge < -0.3 is 20.7 Å². The van der Waals surface area contributed by atoms with Gasteiger partial charge in [-0.2, -0.15) is 16.7 Å². The fourth-order valence-corrected chi connectivity index (χ4v) is 5.13. The number of anilines is 3. The molecule has 1 aliphatic heterocycles. The van der Waals surface area contributed by atoms with Gasteiger partial charge in [0.2, 0.25) is 5.95 Å². The van der Waals surface area contributed by atoms with Crippen molar-refractivity contribution in [1.82, 2.24) is 15.0 Å². The van der Waals surface area contributed by atoms with Gasteiger partial charge in [-0.15, -0.1) is 0 Å². The molecular weight excluding hydrogens is 460 g/mol. The lowest BCUT2D eigenvalue weighted by Gasteiger charge is -2.32. The van der Waals surface area contributed by atoms with Crippen LogP contribution in [0.5, 0.6) is 0 Å². The maximum absolute atomic E-state index is 11.9. The van der Waals surface area contributed by atoms with E-state index in [1.807, 2.05) is 30.8 Å². The summed E-state index contributed by atoms with van der Waals surface area (Å²) in [7, 11) is 0. The molecule has 0 bridgehead atoms. The number of nitrogens with one attached hydrogen (secondary N) is 1. The van der Waals surface area contributed by atoms with Crippen LogP contribution in [-0.2, 0) is 9.53 Å². The highest BCUT2D eigenvalue weighted by Crippen LogP contribution is 2.34. The van der Waals surface area contributed by atoms with Crippen molar-refractivity contribution in [3.05, 3.63) is 53.2 Å². The van der Waals surface area contributed by atoms with Crippen molar-refractivity contribution in [3.8, 4) is 0 Å². The van der Waals surface area contributed by atoms with Crippen LogP contribution in [0, 0.1) is 6.92 Å². The van der Waals surface area contributed by atoms with Crippen molar-refractivity contribution in [3.63, 3.8) is 0 Å². The quantitative estimate of drug-likeness (QED) is 0.344. The number of thioether (sulfide) groups is 1. The molecule has 184 valence electrons. The lowest BCUT2D eigenvalue weighted by molar-refractivity contribution is -0.137. The number of carbonyl (C=O) groups is 1. The number of rotatable bonds is 8. The van der Waals surface area contributed by atoms with E-state index in [1.54, 1.807) is 13.0 Å². The predicted molar refractivity (Wildman–Crippen MR) is 145 cm³/mol. The molecule has 4 rings (SSSR count). The average molecular weight is 493 g/mol. The molecule has 0 radical (unpaired) electrons.